The van der Waals surface area contributed by atoms with Gasteiger partial charge in [-0.3, -0.25) is 0 Å². The van der Waals surface area contributed by atoms with E-state index in [1.165, 1.54) is 24.1 Å². The van der Waals surface area contributed by atoms with Crippen LogP contribution in [0.25, 0.3) is 0 Å². The highest BCUT2D eigenvalue weighted by Crippen LogP contribution is 2.24. The van der Waals surface area contributed by atoms with Gasteiger partial charge < -0.3 is 10.3 Å². The van der Waals surface area contributed by atoms with Gasteiger partial charge in [0, 0.05) is 11.3 Å². The van der Waals surface area contributed by atoms with E-state index in [0.29, 0.717) is 0 Å². The van der Waals surface area contributed by atoms with E-state index in [-0.39, 0.29) is 0 Å². The van der Waals surface area contributed by atoms with E-state index in [1.54, 1.807) is 0 Å². The molecule has 0 radical (unpaired) electrons. The highest BCUT2D eigenvalue weighted by molar-refractivity contribution is 5.46. The van der Waals surface area contributed by atoms with Gasteiger partial charge in [-0.15, -0.1) is 0 Å². The number of nitrogens with one attached hydrogen (secondary N) is 1. The molecule has 3 N–H and O–H groups in total. The molecule has 2 rings (SSSR count). The van der Waals surface area contributed by atoms with Crippen LogP contribution in [0.2, 0.25) is 0 Å². The summed E-state index contributed by atoms with van der Waals surface area (Å²) in [5.74, 6) is 7.17. The predicted molar refractivity (Wildman–Crippen MR) is 63.9 cm³/mol. The van der Waals surface area contributed by atoms with Crippen LogP contribution < -0.4 is 11.3 Å². The fraction of sp³-hybridized carbons (Fsp3) is 0.636. The molecule has 0 amide bonds. The lowest BCUT2D eigenvalue weighted by Crippen LogP contribution is -2.20. The van der Waals surface area contributed by atoms with Gasteiger partial charge in [-0.05, 0) is 39.8 Å². The van der Waals surface area contributed by atoms with E-state index in [0.717, 1.165) is 31.0 Å². The molecule has 1 aromatic rings. The average molecular weight is 221 g/mol. The first-order valence-corrected chi connectivity index (χ1v) is 5.70. The molecule has 1 heterocycles. The molecular formula is C11H19N5. The van der Waals surface area contributed by atoms with Crippen molar-refractivity contribution < 1.29 is 0 Å². The van der Waals surface area contributed by atoms with Gasteiger partial charge in [-0.1, -0.05) is 0 Å². The molecule has 0 unspecified atom stereocenters. The van der Waals surface area contributed by atoms with Gasteiger partial charge in [-0.2, -0.15) is 0 Å². The van der Waals surface area contributed by atoms with E-state index < -0.39 is 0 Å². The van der Waals surface area contributed by atoms with Crippen LogP contribution >= 0.6 is 0 Å². The molecule has 0 atom stereocenters. The first-order chi connectivity index (χ1) is 7.70. The van der Waals surface area contributed by atoms with Crippen LogP contribution in [0.15, 0.2) is 0 Å². The van der Waals surface area contributed by atoms with Crippen LogP contribution in [0.3, 0.4) is 0 Å². The summed E-state index contributed by atoms with van der Waals surface area (Å²) in [6.07, 6.45) is 4.51. The molecule has 0 saturated heterocycles. The normalized spacial score (nSPS) is 15.0. The number of hydrogen-bond acceptors (Lipinski definition) is 5. The fourth-order valence-electron chi connectivity index (χ4n) is 2.12. The summed E-state index contributed by atoms with van der Waals surface area (Å²) >= 11 is 0. The number of nitrogens with zero attached hydrogens (tertiary/aromatic N) is 3. The van der Waals surface area contributed by atoms with Crippen molar-refractivity contribution in [3.8, 4) is 0 Å². The van der Waals surface area contributed by atoms with Gasteiger partial charge >= 0.3 is 0 Å². The number of anilines is 1. The maximum absolute atomic E-state index is 5.52. The first-order valence-electron chi connectivity index (χ1n) is 5.70. The first kappa shape index (κ1) is 11.3. The molecule has 0 aliphatic heterocycles. The molecule has 1 aliphatic rings. The van der Waals surface area contributed by atoms with Crippen molar-refractivity contribution in [3.63, 3.8) is 0 Å². The van der Waals surface area contributed by atoms with E-state index in [4.69, 9.17) is 5.84 Å². The van der Waals surface area contributed by atoms with Crippen LogP contribution in [-0.4, -0.2) is 29.0 Å². The van der Waals surface area contributed by atoms with Gasteiger partial charge in [0.05, 0.1) is 6.54 Å². The Morgan fingerprint density at radius 2 is 2.00 bits per heavy atom. The summed E-state index contributed by atoms with van der Waals surface area (Å²) in [6, 6.07) is 0. The lowest BCUT2D eigenvalue weighted by atomic mass is 9.96. The van der Waals surface area contributed by atoms with E-state index in [9.17, 15) is 0 Å². The van der Waals surface area contributed by atoms with Crippen molar-refractivity contribution in [2.45, 2.75) is 32.2 Å². The van der Waals surface area contributed by atoms with Crippen molar-refractivity contribution in [1.82, 2.24) is 14.9 Å². The van der Waals surface area contributed by atoms with Crippen LogP contribution in [0, 0.1) is 0 Å². The molecule has 0 saturated carbocycles. The number of aromatic nitrogens is 2. The predicted octanol–water partition coefficient (Wildman–Crippen LogP) is 0.703. The van der Waals surface area contributed by atoms with Crippen LogP contribution in [0.4, 0.5) is 5.82 Å². The van der Waals surface area contributed by atoms with Gasteiger partial charge in [0.15, 0.2) is 0 Å². The summed E-state index contributed by atoms with van der Waals surface area (Å²) in [5, 5.41) is 0. The second-order valence-electron chi connectivity index (χ2n) is 4.50. The van der Waals surface area contributed by atoms with Crippen molar-refractivity contribution >= 4 is 5.82 Å². The maximum Gasteiger partial charge on any atom is 0.147 e. The third-order valence-electron chi connectivity index (χ3n) is 2.82. The Morgan fingerprint density at radius 3 is 2.69 bits per heavy atom. The highest BCUT2D eigenvalue weighted by Gasteiger charge is 2.17. The largest absolute Gasteiger partial charge is 0.308 e. The van der Waals surface area contributed by atoms with E-state index in [2.05, 4.69) is 20.3 Å². The smallest absolute Gasteiger partial charge is 0.147 e. The Morgan fingerprint density at radius 1 is 1.25 bits per heavy atom. The van der Waals surface area contributed by atoms with Gasteiger partial charge in [0.2, 0.25) is 0 Å². The Hall–Kier alpha value is -1.20. The summed E-state index contributed by atoms with van der Waals surface area (Å²) < 4.78 is 0. The third-order valence-corrected chi connectivity index (χ3v) is 2.82. The Kier molecular flexibility index (Phi) is 3.36. The molecule has 88 valence electrons. The van der Waals surface area contributed by atoms with E-state index in [1.807, 2.05) is 14.1 Å². The Balaban J connectivity index is 2.35. The monoisotopic (exact) mass is 221 g/mol. The molecule has 1 aromatic heterocycles. The minimum Gasteiger partial charge on any atom is -0.308 e. The number of fused-ring (bicyclic) bond motifs is 1. The minimum atomic E-state index is 0.752. The zero-order valence-electron chi connectivity index (χ0n) is 9.95. The number of nitrogen functional groups attached to an aromatic ring is 1. The Labute approximate surface area is 96.0 Å². The van der Waals surface area contributed by atoms with Crippen LogP contribution in [0.1, 0.15) is 29.9 Å². The number of aryl methyl sites for hydroxylation is 1. The zero-order valence-corrected chi connectivity index (χ0v) is 9.95. The number of rotatable bonds is 3. The molecule has 0 fully saturated rings. The van der Waals surface area contributed by atoms with Crippen molar-refractivity contribution in [2.24, 2.45) is 5.84 Å². The molecular weight excluding hydrogens is 202 g/mol. The molecule has 0 spiro atoms. The number of hydrogen-bond donors (Lipinski definition) is 2. The highest BCUT2D eigenvalue weighted by atomic mass is 15.3. The van der Waals surface area contributed by atoms with Gasteiger partial charge in [0.1, 0.15) is 11.6 Å². The summed E-state index contributed by atoms with van der Waals surface area (Å²) in [4.78, 5) is 11.1. The molecule has 5 nitrogen and oxygen atoms in total. The third kappa shape index (κ3) is 2.31. The number of hydrazine groups is 1. The molecule has 1 aliphatic carbocycles. The average Bonchev–Trinajstić information content (AvgIpc) is 2.27. The second-order valence-corrected chi connectivity index (χ2v) is 4.50. The van der Waals surface area contributed by atoms with Crippen molar-refractivity contribution in [2.75, 3.05) is 19.5 Å². The summed E-state index contributed by atoms with van der Waals surface area (Å²) in [5.41, 5.74) is 5.08. The Bertz CT molecular complexity index is 358. The fourth-order valence-corrected chi connectivity index (χ4v) is 2.12. The minimum absolute atomic E-state index is 0.752. The quantitative estimate of drug-likeness (QED) is 0.581. The molecule has 0 aromatic carbocycles. The van der Waals surface area contributed by atoms with Crippen LogP contribution in [0.5, 0.6) is 0 Å². The summed E-state index contributed by atoms with van der Waals surface area (Å²) in [7, 11) is 4.02. The summed E-state index contributed by atoms with van der Waals surface area (Å²) in [6.45, 7) is 0.752. The standard InChI is InChI=1S/C11H19N5/c1-16(2)7-10-13-9-6-4-3-5-8(9)11(14-10)15-12/h3-7,12H2,1-2H3,(H,13,14,15). The topological polar surface area (TPSA) is 67.1 Å². The van der Waals surface area contributed by atoms with Gasteiger partial charge in [-0.25, -0.2) is 15.8 Å². The SMILES string of the molecule is CN(C)Cc1nc2c(c(NN)n1)CCCC2. The van der Waals surface area contributed by atoms with Gasteiger partial charge in [0.25, 0.3) is 0 Å². The second kappa shape index (κ2) is 4.76. The van der Waals surface area contributed by atoms with E-state index >= 15 is 0 Å². The zero-order chi connectivity index (χ0) is 11.5. The molecule has 0 bridgehead atoms. The maximum atomic E-state index is 5.52. The molecule has 16 heavy (non-hydrogen) atoms. The lowest BCUT2D eigenvalue weighted by Gasteiger charge is -2.19. The lowest BCUT2D eigenvalue weighted by molar-refractivity contribution is 0.389. The van der Waals surface area contributed by atoms with Crippen molar-refractivity contribution in [1.29, 1.82) is 0 Å². The number of nitrogens with two attached hydrogens (primary N) is 1. The van der Waals surface area contributed by atoms with Crippen LogP contribution in [-0.2, 0) is 19.4 Å². The molecule has 5 heteroatoms. The van der Waals surface area contributed by atoms with Crippen molar-refractivity contribution in [3.05, 3.63) is 17.1 Å².